The third-order valence-electron chi connectivity index (χ3n) is 7.75. The highest BCUT2D eigenvalue weighted by Crippen LogP contribution is 2.60. The zero-order chi connectivity index (χ0) is 20.5. The van der Waals surface area contributed by atoms with Gasteiger partial charge < -0.3 is 24.9 Å². The number of nitrogens with zero attached hydrogens (tertiary/aromatic N) is 2. The van der Waals surface area contributed by atoms with Crippen molar-refractivity contribution < 1.29 is 19.2 Å². The minimum absolute atomic E-state index is 0.0777. The quantitative estimate of drug-likeness (QED) is 0.592. The van der Waals surface area contributed by atoms with Gasteiger partial charge in [0.2, 0.25) is 11.7 Å². The third-order valence-corrected chi connectivity index (χ3v) is 7.75. The van der Waals surface area contributed by atoms with E-state index in [9.17, 15) is 10.2 Å². The number of furan rings is 1. The highest BCUT2D eigenvalue weighted by molar-refractivity contribution is 5.83. The Morgan fingerprint density at radius 3 is 2.33 bits per heavy atom. The summed E-state index contributed by atoms with van der Waals surface area (Å²) in [5, 5.41) is 24.2. The highest BCUT2D eigenvalue weighted by Gasteiger charge is 2.54. The Morgan fingerprint density at radius 1 is 1.03 bits per heavy atom. The summed E-state index contributed by atoms with van der Waals surface area (Å²) in [6.07, 6.45) is 7.70. The second-order valence-electron chi connectivity index (χ2n) is 9.96. The van der Waals surface area contributed by atoms with Crippen LogP contribution in [0.3, 0.4) is 0 Å². The second kappa shape index (κ2) is 6.39. The van der Waals surface area contributed by atoms with E-state index in [0.29, 0.717) is 17.2 Å². The van der Waals surface area contributed by atoms with Crippen molar-refractivity contribution in [3.8, 4) is 11.4 Å². The highest BCUT2D eigenvalue weighted by atomic mass is 16.5. The maximum absolute atomic E-state index is 9.54. The van der Waals surface area contributed by atoms with Crippen molar-refractivity contribution in [2.24, 2.45) is 23.5 Å². The number of rotatable bonds is 5. The first kappa shape index (κ1) is 18.5. The molecule has 4 saturated carbocycles. The van der Waals surface area contributed by atoms with Crippen LogP contribution in [0, 0.1) is 17.8 Å². The Balaban J connectivity index is 1.33. The summed E-state index contributed by atoms with van der Waals surface area (Å²) in [4.78, 5) is 4.85. The number of aromatic nitrogens is 2. The average Bonchev–Trinajstić information content (AvgIpc) is 3.39. The third kappa shape index (κ3) is 2.69. The molecule has 4 fully saturated rings. The van der Waals surface area contributed by atoms with Gasteiger partial charge in [-0.2, -0.15) is 4.98 Å². The first-order valence-electron chi connectivity index (χ1n) is 10.9. The van der Waals surface area contributed by atoms with Crippen LogP contribution in [0.15, 0.2) is 33.2 Å². The number of nitrogens with two attached hydrogens (primary N) is 1. The fourth-order valence-electron chi connectivity index (χ4n) is 6.56. The number of hydrogen-bond donors (Lipinski definition) is 3. The number of hydrogen-bond acceptors (Lipinski definition) is 7. The Labute approximate surface area is 174 Å². The van der Waals surface area contributed by atoms with Gasteiger partial charge in [-0.3, -0.25) is 0 Å². The monoisotopic (exact) mass is 409 g/mol. The Kier molecular flexibility index (Phi) is 3.95. The van der Waals surface area contributed by atoms with E-state index in [-0.39, 0.29) is 5.41 Å². The lowest BCUT2D eigenvalue weighted by molar-refractivity contribution is -0.0201. The molecule has 7 nitrogen and oxygen atoms in total. The molecule has 0 atom stereocenters. The molecule has 4 aliphatic carbocycles. The van der Waals surface area contributed by atoms with Crippen molar-refractivity contribution in [2.45, 2.75) is 49.5 Å². The van der Waals surface area contributed by atoms with Crippen LogP contribution in [0.5, 0.6) is 0 Å². The maximum atomic E-state index is 9.54. The predicted octanol–water partition coefficient (Wildman–Crippen LogP) is 3.09. The number of fused-ring (bicyclic) bond motifs is 1. The van der Waals surface area contributed by atoms with E-state index in [1.165, 1.54) is 38.5 Å². The fourth-order valence-corrected chi connectivity index (χ4v) is 6.56. The normalized spacial score (nSPS) is 30.4. The van der Waals surface area contributed by atoms with Gasteiger partial charge in [-0.05, 0) is 80.5 Å². The summed E-state index contributed by atoms with van der Waals surface area (Å²) in [7, 11) is 0. The molecule has 0 saturated heterocycles. The van der Waals surface area contributed by atoms with Gasteiger partial charge in [0.1, 0.15) is 16.9 Å². The van der Waals surface area contributed by atoms with E-state index in [1.54, 1.807) is 6.07 Å². The van der Waals surface area contributed by atoms with Crippen molar-refractivity contribution in [3.63, 3.8) is 0 Å². The van der Waals surface area contributed by atoms with Crippen molar-refractivity contribution in [1.29, 1.82) is 0 Å². The molecule has 4 bridgehead atoms. The Hall–Kier alpha value is -2.22. The summed E-state index contributed by atoms with van der Waals surface area (Å²) in [6.45, 7) is -0.815. The molecule has 0 unspecified atom stereocenters. The minimum Gasteiger partial charge on any atom is -0.459 e. The SMILES string of the molecule is NC(CO)(CO)c1cc2cc(-c3noc(C45CC6CC(CC(C6)C4)C5)n3)ccc2o1. The van der Waals surface area contributed by atoms with Gasteiger partial charge in [-0.25, -0.2) is 0 Å². The fraction of sp³-hybridized carbons (Fsp3) is 0.565. The molecule has 2 aromatic heterocycles. The number of benzene rings is 1. The Bertz CT molecular complexity index is 1060. The van der Waals surface area contributed by atoms with E-state index < -0.39 is 18.8 Å². The first-order chi connectivity index (χ1) is 14.5. The van der Waals surface area contributed by atoms with Crippen molar-refractivity contribution >= 4 is 11.0 Å². The molecule has 4 aliphatic rings. The van der Waals surface area contributed by atoms with Crippen LogP contribution in [0.4, 0.5) is 0 Å². The van der Waals surface area contributed by atoms with Gasteiger partial charge in [0.15, 0.2) is 0 Å². The van der Waals surface area contributed by atoms with E-state index in [0.717, 1.165) is 34.6 Å². The molecule has 3 aromatic rings. The van der Waals surface area contributed by atoms with Gasteiger partial charge in [0.05, 0.1) is 18.6 Å². The van der Waals surface area contributed by atoms with Gasteiger partial charge in [0, 0.05) is 10.9 Å². The van der Waals surface area contributed by atoms with E-state index >= 15 is 0 Å². The van der Waals surface area contributed by atoms with Crippen molar-refractivity contribution in [3.05, 3.63) is 35.9 Å². The molecule has 0 aliphatic heterocycles. The summed E-state index contributed by atoms with van der Waals surface area (Å²) in [6, 6.07) is 7.43. The zero-order valence-electron chi connectivity index (χ0n) is 16.9. The lowest BCUT2D eigenvalue weighted by Crippen LogP contribution is -2.48. The van der Waals surface area contributed by atoms with Crippen LogP contribution >= 0.6 is 0 Å². The van der Waals surface area contributed by atoms with Crippen LogP contribution in [0.25, 0.3) is 22.4 Å². The lowest BCUT2D eigenvalue weighted by Gasteiger charge is -2.55. The second-order valence-corrected chi connectivity index (χ2v) is 9.96. The van der Waals surface area contributed by atoms with Crippen LogP contribution < -0.4 is 5.73 Å². The molecule has 7 rings (SSSR count). The molecule has 0 radical (unpaired) electrons. The van der Waals surface area contributed by atoms with Gasteiger partial charge >= 0.3 is 0 Å². The van der Waals surface area contributed by atoms with Gasteiger partial charge in [-0.15, -0.1) is 0 Å². The van der Waals surface area contributed by atoms with E-state index in [2.05, 4.69) is 5.16 Å². The molecule has 1 aromatic carbocycles. The van der Waals surface area contributed by atoms with E-state index in [4.69, 9.17) is 19.7 Å². The molecule has 30 heavy (non-hydrogen) atoms. The predicted molar refractivity (Wildman–Crippen MR) is 109 cm³/mol. The zero-order valence-corrected chi connectivity index (χ0v) is 16.9. The van der Waals surface area contributed by atoms with Crippen LogP contribution in [0.1, 0.15) is 50.2 Å². The molecule has 7 heteroatoms. The molecular formula is C23H27N3O4. The number of aliphatic hydroxyl groups excluding tert-OH is 2. The van der Waals surface area contributed by atoms with Crippen molar-refractivity contribution in [2.75, 3.05) is 13.2 Å². The molecule has 0 amide bonds. The minimum atomic E-state index is -1.31. The summed E-state index contributed by atoms with van der Waals surface area (Å²) >= 11 is 0. The van der Waals surface area contributed by atoms with E-state index in [1.807, 2.05) is 18.2 Å². The average molecular weight is 409 g/mol. The molecule has 0 spiro atoms. The van der Waals surface area contributed by atoms with Gasteiger partial charge in [0.25, 0.3) is 0 Å². The van der Waals surface area contributed by atoms with Gasteiger partial charge in [-0.1, -0.05) is 5.16 Å². The topological polar surface area (TPSA) is 119 Å². The molecule has 4 N–H and O–H groups in total. The summed E-state index contributed by atoms with van der Waals surface area (Å²) in [5.41, 5.74) is 6.30. The smallest absolute Gasteiger partial charge is 0.233 e. The summed E-state index contributed by atoms with van der Waals surface area (Å²) < 4.78 is 11.6. The Morgan fingerprint density at radius 2 is 1.70 bits per heavy atom. The maximum Gasteiger partial charge on any atom is 0.233 e. The van der Waals surface area contributed by atoms with Crippen LogP contribution in [-0.4, -0.2) is 33.6 Å². The number of aliphatic hydroxyl groups is 2. The van der Waals surface area contributed by atoms with Crippen molar-refractivity contribution in [1.82, 2.24) is 10.1 Å². The molecule has 2 heterocycles. The molecular weight excluding hydrogens is 382 g/mol. The lowest BCUT2D eigenvalue weighted by atomic mass is 9.49. The van der Waals surface area contributed by atoms with Crippen LogP contribution in [0.2, 0.25) is 0 Å². The largest absolute Gasteiger partial charge is 0.459 e. The van der Waals surface area contributed by atoms with Crippen LogP contribution in [-0.2, 0) is 11.0 Å². The standard InChI is InChI=1S/C23H27N3O4/c24-23(11-27,12-28)19-7-17-6-16(1-2-18(17)29-19)20-25-21(30-26-20)22-8-13-3-14(9-22)5-15(4-13)10-22/h1-2,6-7,13-15,27-28H,3-5,8-12,24H2. The molecule has 158 valence electrons. The summed E-state index contributed by atoms with van der Waals surface area (Å²) in [5.74, 6) is 4.22. The first-order valence-corrected chi connectivity index (χ1v) is 10.9.